The zero-order valence-corrected chi connectivity index (χ0v) is 17.9. The number of hydrogen-bond acceptors (Lipinski definition) is 4. The van der Waals surface area contributed by atoms with Crippen molar-refractivity contribution in [3.8, 4) is 5.75 Å². The lowest BCUT2D eigenvalue weighted by molar-refractivity contribution is -0.119. The molecule has 1 amide bonds. The first-order valence-corrected chi connectivity index (χ1v) is 10.4. The third-order valence-electron chi connectivity index (χ3n) is 5.36. The van der Waals surface area contributed by atoms with Crippen molar-refractivity contribution in [2.75, 3.05) is 13.7 Å². The Morgan fingerprint density at radius 2 is 1.80 bits per heavy atom. The summed E-state index contributed by atoms with van der Waals surface area (Å²) in [5.41, 5.74) is 2.55. The van der Waals surface area contributed by atoms with Gasteiger partial charge in [0.2, 0.25) is 0 Å². The van der Waals surface area contributed by atoms with Crippen LogP contribution >= 0.6 is 0 Å². The molecule has 2 aromatic carbocycles. The molecule has 158 valence electrons. The normalized spacial score (nSPS) is 12.0. The number of Topliss-reactive ketones (excluding diaryl/α,β-unsaturated/α-hetero) is 1. The van der Waals surface area contributed by atoms with E-state index in [1.165, 1.54) is 0 Å². The molecule has 30 heavy (non-hydrogen) atoms. The van der Waals surface area contributed by atoms with E-state index in [9.17, 15) is 9.59 Å². The summed E-state index contributed by atoms with van der Waals surface area (Å²) < 4.78 is 7.17. The average molecular weight is 408 g/mol. The zero-order valence-electron chi connectivity index (χ0n) is 17.9. The predicted octanol–water partition coefficient (Wildman–Crippen LogP) is 4.34. The minimum Gasteiger partial charge on any atom is -0.497 e. The van der Waals surface area contributed by atoms with E-state index in [1.807, 2.05) is 31.2 Å². The standard InChI is InChI=1S/C24H29N3O3/c1-17(18(2)28)27-22-10-7-6-9-21(22)26-23(27)11-5-4-8-16-25-24(29)19-12-14-20(30-3)15-13-19/h6-7,9-10,12-15,17H,4-5,8,11,16H2,1-3H3,(H,25,29). The van der Waals surface area contributed by atoms with Gasteiger partial charge in [-0.1, -0.05) is 18.6 Å². The van der Waals surface area contributed by atoms with Crippen molar-refractivity contribution in [1.82, 2.24) is 14.9 Å². The van der Waals surface area contributed by atoms with E-state index < -0.39 is 0 Å². The third-order valence-corrected chi connectivity index (χ3v) is 5.36. The second-order valence-electron chi connectivity index (χ2n) is 7.47. The molecule has 3 rings (SSSR count). The number of fused-ring (bicyclic) bond motifs is 1. The lowest BCUT2D eigenvalue weighted by Gasteiger charge is -2.15. The topological polar surface area (TPSA) is 73.2 Å². The molecule has 1 atom stereocenters. The van der Waals surface area contributed by atoms with Crippen LogP contribution in [-0.2, 0) is 11.2 Å². The van der Waals surface area contributed by atoms with Crippen LogP contribution in [0.2, 0.25) is 0 Å². The number of imidazole rings is 1. The molecular formula is C24H29N3O3. The first-order chi connectivity index (χ1) is 14.5. The Labute approximate surface area is 177 Å². The Kier molecular flexibility index (Phi) is 7.22. The average Bonchev–Trinajstić information content (AvgIpc) is 3.13. The van der Waals surface area contributed by atoms with Crippen LogP contribution in [0.1, 0.15) is 55.3 Å². The molecule has 0 fully saturated rings. The highest BCUT2D eigenvalue weighted by Gasteiger charge is 2.18. The maximum absolute atomic E-state index is 12.2. The number of ether oxygens (including phenoxy) is 1. The van der Waals surface area contributed by atoms with Gasteiger partial charge in [0.15, 0.2) is 5.78 Å². The zero-order chi connectivity index (χ0) is 21.5. The van der Waals surface area contributed by atoms with Crippen molar-refractivity contribution in [1.29, 1.82) is 0 Å². The predicted molar refractivity (Wildman–Crippen MR) is 118 cm³/mol. The number of methoxy groups -OCH3 is 1. The summed E-state index contributed by atoms with van der Waals surface area (Å²) in [4.78, 5) is 28.9. The van der Waals surface area contributed by atoms with Crippen molar-refractivity contribution in [2.45, 2.75) is 45.6 Å². The van der Waals surface area contributed by atoms with Crippen LogP contribution < -0.4 is 10.1 Å². The monoisotopic (exact) mass is 407 g/mol. The van der Waals surface area contributed by atoms with E-state index >= 15 is 0 Å². The Balaban J connectivity index is 1.49. The molecule has 0 bridgehead atoms. The molecule has 0 aliphatic heterocycles. The number of unbranched alkanes of at least 4 members (excludes halogenated alkanes) is 2. The van der Waals surface area contributed by atoms with E-state index in [0.717, 1.165) is 48.3 Å². The van der Waals surface area contributed by atoms with Gasteiger partial charge in [0.1, 0.15) is 11.6 Å². The van der Waals surface area contributed by atoms with Crippen LogP contribution in [0.5, 0.6) is 5.75 Å². The minimum atomic E-state index is -0.226. The van der Waals surface area contributed by atoms with Gasteiger partial charge in [-0.15, -0.1) is 0 Å². The second-order valence-corrected chi connectivity index (χ2v) is 7.47. The van der Waals surface area contributed by atoms with Gasteiger partial charge in [0.25, 0.3) is 5.91 Å². The van der Waals surface area contributed by atoms with E-state index in [2.05, 4.69) is 9.88 Å². The molecule has 1 heterocycles. The van der Waals surface area contributed by atoms with Gasteiger partial charge in [0, 0.05) is 18.5 Å². The number of amides is 1. The van der Waals surface area contributed by atoms with E-state index in [4.69, 9.17) is 9.72 Å². The van der Waals surface area contributed by atoms with Crippen LogP contribution in [-0.4, -0.2) is 34.9 Å². The Morgan fingerprint density at radius 1 is 1.07 bits per heavy atom. The fourth-order valence-corrected chi connectivity index (χ4v) is 3.52. The van der Waals surface area contributed by atoms with Gasteiger partial charge in [-0.2, -0.15) is 0 Å². The Bertz CT molecular complexity index is 1010. The molecule has 0 aliphatic carbocycles. The van der Waals surface area contributed by atoms with Gasteiger partial charge in [-0.25, -0.2) is 4.98 Å². The molecule has 0 spiro atoms. The number of carbonyl (C=O) groups excluding carboxylic acids is 2. The number of nitrogens with zero attached hydrogens (tertiary/aromatic N) is 2. The molecule has 3 aromatic rings. The molecule has 0 saturated carbocycles. The van der Waals surface area contributed by atoms with Crippen molar-refractivity contribution in [3.63, 3.8) is 0 Å². The lowest BCUT2D eigenvalue weighted by atomic mass is 10.1. The summed E-state index contributed by atoms with van der Waals surface area (Å²) in [6, 6.07) is 14.8. The smallest absolute Gasteiger partial charge is 0.251 e. The number of aromatic nitrogens is 2. The summed E-state index contributed by atoms with van der Waals surface area (Å²) in [6.07, 6.45) is 3.62. The first kappa shape index (κ1) is 21.6. The van der Waals surface area contributed by atoms with Crippen LogP contribution in [0.15, 0.2) is 48.5 Å². The summed E-state index contributed by atoms with van der Waals surface area (Å²) in [5.74, 6) is 1.73. The Morgan fingerprint density at radius 3 is 2.50 bits per heavy atom. The molecule has 6 nitrogen and oxygen atoms in total. The van der Waals surface area contributed by atoms with Crippen molar-refractivity contribution in [2.24, 2.45) is 0 Å². The maximum atomic E-state index is 12.2. The van der Waals surface area contributed by atoms with Crippen molar-refractivity contribution < 1.29 is 14.3 Å². The van der Waals surface area contributed by atoms with Crippen molar-refractivity contribution in [3.05, 3.63) is 59.9 Å². The fraction of sp³-hybridized carbons (Fsp3) is 0.375. The number of nitrogens with one attached hydrogen (secondary N) is 1. The van der Waals surface area contributed by atoms with Crippen LogP contribution in [0.4, 0.5) is 0 Å². The van der Waals surface area contributed by atoms with Gasteiger partial charge < -0.3 is 14.6 Å². The summed E-state index contributed by atoms with van der Waals surface area (Å²) in [6.45, 7) is 4.18. The minimum absolute atomic E-state index is 0.0743. The molecule has 6 heteroatoms. The number of hydrogen-bond donors (Lipinski definition) is 1. The molecule has 1 N–H and O–H groups in total. The largest absolute Gasteiger partial charge is 0.497 e. The SMILES string of the molecule is COc1ccc(C(=O)NCCCCCc2nc3ccccc3n2C(C)C(C)=O)cc1. The highest BCUT2D eigenvalue weighted by Crippen LogP contribution is 2.23. The summed E-state index contributed by atoms with van der Waals surface area (Å²) in [5, 5.41) is 2.96. The number of ketones is 1. The summed E-state index contributed by atoms with van der Waals surface area (Å²) in [7, 11) is 1.60. The van der Waals surface area contributed by atoms with Crippen LogP contribution in [0.25, 0.3) is 11.0 Å². The van der Waals surface area contributed by atoms with E-state index in [-0.39, 0.29) is 17.7 Å². The molecule has 0 radical (unpaired) electrons. The number of carbonyl (C=O) groups is 2. The highest BCUT2D eigenvalue weighted by molar-refractivity contribution is 5.94. The maximum Gasteiger partial charge on any atom is 0.251 e. The third kappa shape index (κ3) is 5.06. The van der Waals surface area contributed by atoms with Gasteiger partial charge in [-0.3, -0.25) is 9.59 Å². The number of aryl methyl sites for hydroxylation is 1. The van der Waals surface area contributed by atoms with Crippen LogP contribution in [0.3, 0.4) is 0 Å². The fourth-order valence-electron chi connectivity index (χ4n) is 3.52. The molecule has 1 unspecified atom stereocenters. The first-order valence-electron chi connectivity index (χ1n) is 10.4. The van der Waals surface area contributed by atoms with Gasteiger partial charge in [-0.05, 0) is 63.1 Å². The molecule has 0 aliphatic rings. The number of para-hydroxylation sites is 2. The summed E-state index contributed by atoms with van der Waals surface area (Å²) >= 11 is 0. The molecule has 1 aromatic heterocycles. The highest BCUT2D eigenvalue weighted by atomic mass is 16.5. The van der Waals surface area contributed by atoms with Crippen molar-refractivity contribution >= 4 is 22.7 Å². The number of rotatable bonds is 10. The van der Waals surface area contributed by atoms with Crippen LogP contribution in [0, 0.1) is 0 Å². The second kappa shape index (κ2) is 10.1. The molecular weight excluding hydrogens is 378 g/mol. The van der Waals surface area contributed by atoms with E-state index in [1.54, 1.807) is 38.3 Å². The Hall–Kier alpha value is -3.15. The quantitative estimate of drug-likeness (QED) is 0.508. The van der Waals surface area contributed by atoms with Gasteiger partial charge >= 0.3 is 0 Å². The van der Waals surface area contributed by atoms with Gasteiger partial charge in [0.05, 0.1) is 24.2 Å². The van der Waals surface area contributed by atoms with E-state index in [0.29, 0.717) is 12.1 Å². The molecule has 0 saturated heterocycles. The lowest BCUT2D eigenvalue weighted by Crippen LogP contribution is -2.24. The number of benzene rings is 2.